The van der Waals surface area contributed by atoms with Gasteiger partial charge in [0, 0.05) is 31.4 Å². The van der Waals surface area contributed by atoms with E-state index in [9.17, 15) is 19.2 Å². The minimum atomic E-state index is -0.548. The first kappa shape index (κ1) is 25.4. The molecule has 3 amide bonds. The van der Waals surface area contributed by atoms with Gasteiger partial charge in [-0.05, 0) is 41.8 Å². The van der Waals surface area contributed by atoms with Gasteiger partial charge in [0.25, 0.3) is 11.8 Å². The van der Waals surface area contributed by atoms with Crippen molar-refractivity contribution in [2.75, 3.05) is 5.32 Å². The first-order valence-corrected chi connectivity index (χ1v) is 12.2. The Morgan fingerprint density at radius 3 is 2.51 bits per heavy atom. The van der Waals surface area contributed by atoms with Crippen molar-refractivity contribution in [1.82, 2.24) is 30.6 Å². The lowest BCUT2D eigenvalue weighted by molar-refractivity contribution is -0.115. The van der Waals surface area contributed by atoms with Crippen LogP contribution in [-0.4, -0.2) is 37.7 Å². The van der Waals surface area contributed by atoms with Gasteiger partial charge in [-0.1, -0.05) is 25.1 Å². The Bertz CT molecular complexity index is 1780. The molecule has 3 aromatic heterocycles. The maximum absolute atomic E-state index is 13.0. The fraction of sp³-hybridized carbons (Fsp3) is 0.185. The van der Waals surface area contributed by atoms with Crippen molar-refractivity contribution in [3.63, 3.8) is 0 Å². The predicted molar refractivity (Wildman–Crippen MR) is 143 cm³/mol. The number of aromatic nitrogens is 4. The second-order valence-corrected chi connectivity index (χ2v) is 8.91. The Labute approximate surface area is 221 Å². The van der Waals surface area contributed by atoms with Crippen LogP contribution in [0.1, 0.15) is 50.9 Å². The standard InChI is InChI=1S/C27H25N7O5/c1-3-21(35)33-19-8-15(5-4-14(19)2)10-30-26(37)24-23-22(31-13-32-24)17(12-28-23)25(36)29-11-16-6-7-18-20(9-16)39-27(38)34-18/h4-9,12-13,28H,3,10-11H2,1-2H3,(H,29,36)(H,30,37)(H,33,35)(H,34,38). The van der Waals surface area contributed by atoms with Gasteiger partial charge in [0.15, 0.2) is 11.3 Å². The molecular formula is C27H25N7O5. The summed E-state index contributed by atoms with van der Waals surface area (Å²) in [6.07, 6.45) is 3.07. The van der Waals surface area contributed by atoms with Gasteiger partial charge in [-0.2, -0.15) is 0 Å². The average molecular weight is 528 g/mol. The highest BCUT2D eigenvalue weighted by Crippen LogP contribution is 2.20. The number of amides is 3. The van der Waals surface area contributed by atoms with Crippen LogP contribution in [0.5, 0.6) is 0 Å². The first-order valence-electron chi connectivity index (χ1n) is 12.2. The van der Waals surface area contributed by atoms with Crippen molar-refractivity contribution in [2.45, 2.75) is 33.4 Å². The highest BCUT2D eigenvalue weighted by molar-refractivity contribution is 6.10. The Hall–Kier alpha value is -5.26. The zero-order chi connectivity index (χ0) is 27.5. The van der Waals surface area contributed by atoms with Gasteiger partial charge in [-0.25, -0.2) is 14.8 Å². The lowest BCUT2D eigenvalue weighted by atomic mass is 10.1. The van der Waals surface area contributed by atoms with E-state index in [1.165, 1.54) is 12.5 Å². The van der Waals surface area contributed by atoms with Gasteiger partial charge >= 0.3 is 5.76 Å². The van der Waals surface area contributed by atoms with Gasteiger partial charge in [0.1, 0.15) is 11.8 Å². The monoisotopic (exact) mass is 527 g/mol. The summed E-state index contributed by atoms with van der Waals surface area (Å²) in [5.41, 5.74) is 5.10. The number of benzene rings is 2. The van der Waals surface area contributed by atoms with Crippen LogP contribution in [0.2, 0.25) is 0 Å². The van der Waals surface area contributed by atoms with E-state index < -0.39 is 17.6 Å². The van der Waals surface area contributed by atoms with E-state index in [4.69, 9.17) is 4.42 Å². The number of fused-ring (bicyclic) bond motifs is 2. The van der Waals surface area contributed by atoms with Gasteiger partial charge in [-0.3, -0.25) is 19.4 Å². The van der Waals surface area contributed by atoms with Gasteiger partial charge in [-0.15, -0.1) is 0 Å². The third-order valence-electron chi connectivity index (χ3n) is 6.21. The van der Waals surface area contributed by atoms with Crippen LogP contribution in [0.25, 0.3) is 22.1 Å². The van der Waals surface area contributed by atoms with Crippen LogP contribution in [0.4, 0.5) is 5.69 Å². The molecular weight excluding hydrogens is 502 g/mol. The van der Waals surface area contributed by atoms with Crippen LogP contribution >= 0.6 is 0 Å². The molecule has 0 bridgehead atoms. The number of hydrogen-bond acceptors (Lipinski definition) is 7. The lowest BCUT2D eigenvalue weighted by Crippen LogP contribution is -2.25. The molecule has 2 aromatic carbocycles. The zero-order valence-corrected chi connectivity index (χ0v) is 21.2. The van der Waals surface area contributed by atoms with Crippen molar-refractivity contribution in [1.29, 1.82) is 0 Å². The molecule has 12 heteroatoms. The largest absolute Gasteiger partial charge is 0.417 e. The van der Waals surface area contributed by atoms with Gasteiger partial charge < -0.3 is 25.4 Å². The van der Waals surface area contributed by atoms with Crippen molar-refractivity contribution in [3.05, 3.63) is 87.4 Å². The van der Waals surface area contributed by atoms with E-state index in [1.807, 2.05) is 25.1 Å². The Morgan fingerprint density at radius 2 is 1.72 bits per heavy atom. The minimum absolute atomic E-state index is 0.0932. The van der Waals surface area contributed by atoms with E-state index in [0.29, 0.717) is 34.2 Å². The third-order valence-corrected chi connectivity index (χ3v) is 6.21. The number of carbonyl (C=O) groups is 3. The number of nitrogens with one attached hydrogen (secondary N) is 5. The van der Waals surface area contributed by atoms with Gasteiger partial charge in [0.2, 0.25) is 5.91 Å². The Morgan fingerprint density at radius 1 is 0.974 bits per heavy atom. The molecule has 0 aliphatic rings. The van der Waals surface area contributed by atoms with E-state index >= 15 is 0 Å². The molecule has 0 saturated heterocycles. The molecule has 5 rings (SSSR count). The number of rotatable bonds is 8. The average Bonchev–Trinajstić information content (AvgIpc) is 3.54. The van der Waals surface area contributed by atoms with E-state index in [1.54, 1.807) is 25.1 Å². The number of hydrogen-bond donors (Lipinski definition) is 5. The number of oxazole rings is 1. The number of aryl methyl sites for hydroxylation is 1. The lowest BCUT2D eigenvalue weighted by Gasteiger charge is -2.11. The SMILES string of the molecule is CCC(=O)Nc1cc(CNC(=O)c2ncnc3c(C(=O)NCc4ccc5[nH]c(=O)oc5c4)c[nH]c23)ccc1C. The summed E-state index contributed by atoms with van der Waals surface area (Å²) in [5.74, 6) is -1.49. The zero-order valence-electron chi connectivity index (χ0n) is 21.2. The number of carbonyl (C=O) groups excluding carboxylic acids is 3. The second kappa shape index (κ2) is 10.6. The Balaban J connectivity index is 1.27. The predicted octanol–water partition coefficient (Wildman–Crippen LogP) is 2.91. The molecule has 0 aliphatic carbocycles. The van der Waals surface area contributed by atoms with Crippen LogP contribution < -0.4 is 21.7 Å². The van der Waals surface area contributed by atoms with E-state index in [2.05, 4.69) is 35.9 Å². The fourth-order valence-corrected chi connectivity index (χ4v) is 4.08. The van der Waals surface area contributed by atoms with Crippen LogP contribution in [0.3, 0.4) is 0 Å². The molecule has 12 nitrogen and oxygen atoms in total. The first-order chi connectivity index (χ1) is 18.8. The van der Waals surface area contributed by atoms with Crippen molar-refractivity contribution in [3.8, 4) is 0 Å². The quantitative estimate of drug-likeness (QED) is 0.206. The van der Waals surface area contributed by atoms with Crippen molar-refractivity contribution >= 4 is 45.5 Å². The molecule has 0 aliphatic heterocycles. The molecule has 0 unspecified atom stereocenters. The molecule has 198 valence electrons. The summed E-state index contributed by atoms with van der Waals surface area (Å²) in [6, 6.07) is 10.7. The van der Waals surface area contributed by atoms with Crippen molar-refractivity contribution < 1.29 is 18.8 Å². The summed E-state index contributed by atoms with van der Waals surface area (Å²) in [4.78, 5) is 62.9. The topological polar surface area (TPSA) is 175 Å². The number of aromatic amines is 2. The van der Waals surface area contributed by atoms with Crippen LogP contribution in [-0.2, 0) is 17.9 Å². The summed E-state index contributed by atoms with van der Waals surface area (Å²) in [7, 11) is 0. The highest BCUT2D eigenvalue weighted by atomic mass is 16.4. The number of H-pyrrole nitrogens is 2. The summed E-state index contributed by atoms with van der Waals surface area (Å²) in [5, 5.41) is 8.49. The fourth-order valence-electron chi connectivity index (χ4n) is 4.08. The molecule has 0 saturated carbocycles. The van der Waals surface area contributed by atoms with E-state index in [0.717, 1.165) is 16.7 Å². The Kier molecular flexibility index (Phi) is 6.91. The molecule has 0 fully saturated rings. The summed E-state index contributed by atoms with van der Waals surface area (Å²) >= 11 is 0. The third kappa shape index (κ3) is 5.39. The number of anilines is 1. The minimum Gasteiger partial charge on any atom is -0.408 e. The summed E-state index contributed by atoms with van der Waals surface area (Å²) in [6.45, 7) is 4.06. The highest BCUT2D eigenvalue weighted by Gasteiger charge is 2.19. The van der Waals surface area contributed by atoms with Crippen molar-refractivity contribution in [2.24, 2.45) is 0 Å². The molecule has 0 atom stereocenters. The molecule has 0 radical (unpaired) electrons. The molecule has 5 aromatic rings. The maximum atomic E-state index is 13.0. The smallest absolute Gasteiger partial charge is 0.408 e. The normalized spacial score (nSPS) is 11.0. The van der Waals surface area contributed by atoms with Crippen LogP contribution in [0.15, 0.2) is 58.1 Å². The summed E-state index contributed by atoms with van der Waals surface area (Å²) < 4.78 is 5.06. The molecule has 5 N–H and O–H groups in total. The van der Waals surface area contributed by atoms with E-state index in [-0.39, 0.29) is 30.3 Å². The second-order valence-electron chi connectivity index (χ2n) is 8.91. The van der Waals surface area contributed by atoms with Gasteiger partial charge in [0.05, 0.1) is 16.6 Å². The number of nitrogens with zero attached hydrogens (tertiary/aromatic N) is 2. The maximum Gasteiger partial charge on any atom is 0.417 e. The molecule has 3 heterocycles. The van der Waals surface area contributed by atoms with Crippen LogP contribution in [0, 0.1) is 6.92 Å². The molecule has 0 spiro atoms. The molecule has 39 heavy (non-hydrogen) atoms.